The summed E-state index contributed by atoms with van der Waals surface area (Å²) in [6.45, 7) is 3.51. The van der Waals surface area contributed by atoms with Gasteiger partial charge in [-0.15, -0.1) is 0 Å². The Kier molecular flexibility index (Phi) is 4.69. The highest BCUT2D eigenvalue weighted by Gasteiger charge is 2.39. The Balaban J connectivity index is 2.33. The Morgan fingerprint density at radius 2 is 1.89 bits per heavy atom. The summed E-state index contributed by atoms with van der Waals surface area (Å²) in [7, 11) is 0. The zero-order valence-electron chi connectivity index (χ0n) is 10.8. The maximum atomic E-state index is 11.9. The van der Waals surface area contributed by atoms with Gasteiger partial charge >= 0.3 is 5.97 Å². The lowest BCUT2D eigenvalue weighted by atomic mass is 9.81. The normalized spacial score (nSPS) is 21.3. The Bertz CT molecular complexity index is 352. The average Bonchev–Trinajstić information content (AvgIpc) is 2.63. The van der Waals surface area contributed by atoms with Crippen molar-refractivity contribution in [3.63, 3.8) is 0 Å². The zero-order chi connectivity index (χ0) is 13.8. The summed E-state index contributed by atoms with van der Waals surface area (Å²) in [6.07, 6.45) is 2.88. The molecule has 1 atom stereocenters. The molecule has 6 heteroatoms. The van der Waals surface area contributed by atoms with E-state index >= 15 is 0 Å². The maximum Gasteiger partial charge on any atom is 0.322 e. The fourth-order valence-corrected chi connectivity index (χ4v) is 2.34. The Morgan fingerprint density at radius 1 is 1.22 bits per heavy atom. The van der Waals surface area contributed by atoms with Crippen molar-refractivity contribution in [2.45, 2.75) is 33.1 Å². The van der Waals surface area contributed by atoms with Gasteiger partial charge in [0.25, 0.3) is 0 Å². The molecule has 1 fully saturated rings. The second-order valence-corrected chi connectivity index (χ2v) is 5.32. The minimum absolute atomic E-state index is 0.0262. The van der Waals surface area contributed by atoms with Crippen LogP contribution in [0.1, 0.15) is 33.1 Å². The molecular formula is C12H20N2O4. The van der Waals surface area contributed by atoms with Crippen LogP contribution in [0.15, 0.2) is 0 Å². The summed E-state index contributed by atoms with van der Waals surface area (Å²) < 4.78 is 0. The van der Waals surface area contributed by atoms with Gasteiger partial charge in [-0.2, -0.15) is 0 Å². The van der Waals surface area contributed by atoms with Gasteiger partial charge < -0.3 is 15.7 Å². The van der Waals surface area contributed by atoms with E-state index in [2.05, 4.69) is 24.5 Å². The summed E-state index contributed by atoms with van der Waals surface area (Å²) in [5.41, 5.74) is -0.0262. The SMILES string of the molecule is CC1(C)CCCC1C(=O)NCC(=O)NCC(=O)O. The van der Waals surface area contributed by atoms with Gasteiger partial charge in [0.2, 0.25) is 11.8 Å². The first-order valence-electron chi connectivity index (χ1n) is 6.09. The van der Waals surface area contributed by atoms with E-state index < -0.39 is 18.4 Å². The Labute approximate surface area is 106 Å². The van der Waals surface area contributed by atoms with Crippen LogP contribution in [0.5, 0.6) is 0 Å². The van der Waals surface area contributed by atoms with Gasteiger partial charge in [0.1, 0.15) is 6.54 Å². The van der Waals surface area contributed by atoms with E-state index in [9.17, 15) is 14.4 Å². The molecule has 3 N–H and O–H groups in total. The molecular weight excluding hydrogens is 236 g/mol. The lowest BCUT2D eigenvalue weighted by Gasteiger charge is -2.25. The molecule has 18 heavy (non-hydrogen) atoms. The van der Waals surface area contributed by atoms with Crippen molar-refractivity contribution in [2.75, 3.05) is 13.1 Å². The molecule has 1 saturated carbocycles. The third-order valence-corrected chi connectivity index (χ3v) is 3.43. The number of carbonyl (C=O) groups is 3. The molecule has 0 saturated heterocycles. The molecule has 0 bridgehead atoms. The Morgan fingerprint density at radius 3 is 2.39 bits per heavy atom. The first-order valence-corrected chi connectivity index (χ1v) is 6.09. The highest BCUT2D eigenvalue weighted by Crippen LogP contribution is 2.42. The van der Waals surface area contributed by atoms with E-state index in [0.29, 0.717) is 0 Å². The second-order valence-electron chi connectivity index (χ2n) is 5.32. The van der Waals surface area contributed by atoms with Crippen molar-refractivity contribution in [3.8, 4) is 0 Å². The molecule has 1 rings (SSSR count). The van der Waals surface area contributed by atoms with Crippen LogP contribution in [0.25, 0.3) is 0 Å². The molecule has 1 aliphatic rings. The van der Waals surface area contributed by atoms with Crippen molar-refractivity contribution in [1.82, 2.24) is 10.6 Å². The van der Waals surface area contributed by atoms with Gasteiger partial charge in [0.15, 0.2) is 0 Å². The summed E-state index contributed by atoms with van der Waals surface area (Å²) in [6, 6.07) is 0. The fraction of sp³-hybridized carbons (Fsp3) is 0.750. The van der Waals surface area contributed by atoms with E-state index in [4.69, 9.17) is 5.11 Å². The monoisotopic (exact) mass is 256 g/mol. The van der Waals surface area contributed by atoms with Crippen molar-refractivity contribution < 1.29 is 19.5 Å². The number of hydrogen-bond donors (Lipinski definition) is 3. The largest absolute Gasteiger partial charge is 0.480 e. The standard InChI is InChI=1S/C12H20N2O4/c1-12(2)5-3-4-8(12)11(18)14-6-9(15)13-7-10(16)17/h8H,3-7H2,1-2H3,(H,13,15)(H,14,18)(H,16,17). The van der Waals surface area contributed by atoms with Crippen molar-refractivity contribution in [2.24, 2.45) is 11.3 Å². The van der Waals surface area contributed by atoms with E-state index in [0.717, 1.165) is 19.3 Å². The highest BCUT2D eigenvalue weighted by atomic mass is 16.4. The molecule has 1 unspecified atom stereocenters. The van der Waals surface area contributed by atoms with E-state index in [1.54, 1.807) is 0 Å². The van der Waals surface area contributed by atoms with Gasteiger partial charge in [-0.05, 0) is 18.3 Å². The lowest BCUT2D eigenvalue weighted by Crippen LogP contribution is -2.43. The van der Waals surface area contributed by atoms with Gasteiger partial charge in [-0.3, -0.25) is 14.4 Å². The fourth-order valence-electron chi connectivity index (χ4n) is 2.34. The summed E-state index contributed by atoms with van der Waals surface area (Å²) in [5, 5.41) is 13.1. The smallest absolute Gasteiger partial charge is 0.322 e. The van der Waals surface area contributed by atoms with Crippen LogP contribution in [0.4, 0.5) is 0 Å². The number of carbonyl (C=O) groups excluding carboxylic acids is 2. The van der Waals surface area contributed by atoms with Crippen LogP contribution >= 0.6 is 0 Å². The van der Waals surface area contributed by atoms with E-state index in [-0.39, 0.29) is 23.8 Å². The number of hydrogen-bond acceptors (Lipinski definition) is 3. The molecule has 0 aromatic rings. The molecule has 0 aliphatic heterocycles. The first kappa shape index (κ1) is 14.5. The third-order valence-electron chi connectivity index (χ3n) is 3.43. The lowest BCUT2D eigenvalue weighted by molar-refractivity contribution is -0.137. The van der Waals surface area contributed by atoms with Crippen molar-refractivity contribution in [3.05, 3.63) is 0 Å². The molecule has 6 nitrogen and oxygen atoms in total. The molecule has 0 aromatic carbocycles. The molecule has 0 spiro atoms. The van der Waals surface area contributed by atoms with Gasteiger partial charge in [-0.25, -0.2) is 0 Å². The highest BCUT2D eigenvalue weighted by molar-refractivity contribution is 5.87. The number of amides is 2. The molecule has 0 aromatic heterocycles. The van der Waals surface area contributed by atoms with E-state index in [1.807, 2.05) is 0 Å². The molecule has 0 radical (unpaired) electrons. The zero-order valence-corrected chi connectivity index (χ0v) is 10.8. The second kappa shape index (κ2) is 5.84. The van der Waals surface area contributed by atoms with Crippen LogP contribution in [0.2, 0.25) is 0 Å². The molecule has 0 heterocycles. The number of aliphatic carboxylic acids is 1. The predicted octanol–water partition coefficient (Wildman–Crippen LogP) is 0.130. The summed E-state index contributed by atoms with van der Waals surface area (Å²) in [5.74, 6) is -1.78. The van der Waals surface area contributed by atoms with Crippen LogP contribution in [0, 0.1) is 11.3 Å². The topological polar surface area (TPSA) is 95.5 Å². The molecule has 102 valence electrons. The van der Waals surface area contributed by atoms with Gasteiger partial charge in [0, 0.05) is 5.92 Å². The van der Waals surface area contributed by atoms with Crippen LogP contribution in [-0.2, 0) is 14.4 Å². The summed E-state index contributed by atoms with van der Waals surface area (Å²) in [4.78, 5) is 33.4. The number of carboxylic acids is 1. The van der Waals surface area contributed by atoms with Crippen LogP contribution < -0.4 is 10.6 Å². The molecule has 2 amide bonds. The quantitative estimate of drug-likeness (QED) is 0.651. The third kappa shape index (κ3) is 4.01. The minimum Gasteiger partial charge on any atom is -0.480 e. The van der Waals surface area contributed by atoms with Crippen LogP contribution in [-0.4, -0.2) is 36.0 Å². The minimum atomic E-state index is -1.10. The Hall–Kier alpha value is -1.59. The predicted molar refractivity (Wildman–Crippen MR) is 64.8 cm³/mol. The average molecular weight is 256 g/mol. The number of nitrogens with one attached hydrogen (secondary N) is 2. The first-order chi connectivity index (χ1) is 8.33. The van der Waals surface area contributed by atoms with Crippen LogP contribution in [0.3, 0.4) is 0 Å². The van der Waals surface area contributed by atoms with Crippen molar-refractivity contribution in [1.29, 1.82) is 0 Å². The number of carboxylic acid groups (broad SMARTS) is 1. The summed E-state index contributed by atoms with van der Waals surface area (Å²) >= 11 is 0. The van der Waals surface area contributed by atoms with Crippen molar-refractivity contribution >= 4 is 17.8 Å². The maximum absolute atomic E-state index is 11.9. The number of rotatable bonds is 5. The molecule has 1 aliphatic carbocycles. The van der Waals surface area contributed by atoms with Gasteiger partial charge in [0.05, 0.1) is 6.54 Å². The van der Waals surface area contributed by atoms with E-state index in [1.165, 1.54) is 0 Å². The van der Waals surface area contributed by atoms with Gasteiger partial charge in [-0.1, -0.05) is 20.3 Å².